The van der Waals surface area contributed by atoms with Gasteiger partial charge in [0, 0.05) is 31.4 Å². The zero-order chi connectivity index (χ0) is 19.4. The van der Waals surface area contributed by atoms with Crippen molar-refractivity contribution in [3.8, 4) is 11.1 Å². The molecule has 4 nitrogen and oxygen atoms in total. The molecule has 0 bridgehead atoms. The number of hydrogen-bond donors (Lipinski definition) is 0. The molecule has 1 heterocycles. The van der Waals surface area contributed by atoms with Gasteiger partial charge in [0.2, 0.25) is 5.91 Å². The van der Waals surface area contributed by atoms with E-state index >= 15 is 0 Å². The van der Waals surface area contributed by atoms with Gasteiger partial charge in [-0.2, -0.15) is 0 Å². The lowest BCUT2D eigenvalue weighted by Crippen LogP contribution is -2.23. The van der Waals surface area contributed by atoms with Crippen molar-refractivity contribution in [2.45, 2.75) is 13.0 Å². The van der Waals surface area contributed by atoms with E-state index in [1.54, 1.807) is 29.6 Å². The van der Waals surface area contributed by atoms with Gasteiger partial charge < -0.3 is 9.47 Å². The molecule has 2 aromatic carbocycles. The summed E-state index contributed by atoms with van der Waals surface area (Å²) >= 11 is 5.92. The van der Waals surface area contributed by atoms with Gasteiger partial charge in [-0.05, 0) is 40.5 Å². The fourth-order valence-corrected chi connectivity index (χ4v) is 2.89. The molecule has 1 aromatic heterocycles. The number of amides is 1. The third-order valence-corrected chi connectivity index (χ3v) is 4.64. The fraction of sp³-hybridized carbons (Fsp3) is 0.182. The van der Waals surface area contributed by atoms with Crippen molar-refractivity contribution in [2.75, 3.05) is 14.1 Å². The lowest BCUT2D eigenvalue weighted by Gasteiger charge is -2.11. The van der Waals surface area contributed by atoms with Crippen molar-refractivity contribution in [3.05, 3.63) is 93.4 Å². The van der Waals surface area contributed by atoms with Crippen LogP contribution in [0.1, 0.15) is 11.1 Å². The minimum atomic E-state index is -0.0538. The summed E-state index contributed by atoms with van der Waals surface area (Å²) in [6, 6.07) is 18.7. The van der Waals surface area contributed by atoms with Gasteiger partial charge in [-0.25, -0.2) is 0 Å². The standard InChI is InChI=1S/C22H21ClN2O2/c1-24(2)22(27)13-16-3-7-18(8-4-16)19-9-12-21(26)25(15-19)14-17-5-10-20(23)11-6-17/h3-12,15H,13-14H2,1-2H3. The van der Waals surface area contributed by atoms with Gasteiger partial charge in [0.1, 0.15) is 0 Å². The molecule has 3 aromatic rings. The second kappa shape index (κ2) is 8.23. The molecule has 0 atom stereocenters. The van der Waals surface area contributed by atoms with Crippen molar-refractivity contribution >= 4 is 17.5 Å². The van der Waals surface area contributed by atoms with E-state index in [0.717, 1.165) is 22.3 Å². The van der Waals surface area contributed by atoms with Gasteiger partial charge in [-0.1, -0.05) is 48.0 Å². The summed E-state index contributed by atoms with van der Waals surface area (Å²) in [7, 11) is 3.50. The molecule has 0 saturated carbocycles. The summed E-state index contributed by atoms with van der Waals surface area (Å²) in [4.78, 5) is 25.6. The van der Waals surface area contributed by atoms with Crippen LogP contribution in [0.3, 0.4) is 0 Å². The van der Waals surface area contributed by atoms with E-state index in [4.69, 9.17) is 11.6 Å². The van der Waals surface area contributed by atoms with Crippen molar-refractivity contribution < 1.29 is 4.79 Å². The number of carbonyl (C=O) groups is 1. The monoisotopic (exact) mass is 380 g/mol. The van der Waals surface area contributed by atoms with Crippen LogP contribution in [0.4, 0.5) is 0 Å². The van der Waals surface area contributed by atoms with Crippen molar-refractivity contribution in [1.82, 2.24) is 9.47 Å². The second-order valence-electron chi connectivity index (χ2n) is 6.67. The highest BCUT2D eigenvalue weighted by molar-refractivity contribution is 6.30. The van der Waals surface area contributed by atoms with E-state index in [1.807, 2.05) is 60.8 Å². The minimum absolute atomic E-state index is 0.0538. The van der Waals surface area contributed by atoms with Crippen LogP contribution in [0.15, 0.2) is 71.7 Å². The maximum atomic E-state index is 12.2. The van der Waals surface area contributed by atoms with Crippen LogP contribution in [0.25, 0.3) is 11.1 Å². The first-order chi connectivity index (χ1) is 12.9. The summed E-state index contributed by atoms with van der Waals surface area (Å²) in [6.07, 6.45) is 2.24. The molecule has 0 aliphatic rings. The zero-order valence-electron chi connectivity index (χ0n) is 15.4. The number of likely N-dealkylation sites (N-methyl/N-ethyl adjacent to an activating group) is 1. The summed E-state index contributed by atoms with van der Waals surface area (Å²) in [6.45, 7) is 0.485. The van der Waals surface area contributed by atoms with Crippen LogP contribution >= 0.6 is 11.6 Å². The number of halogens is 1. The molecule has 3 rings (SSSR count). The predicted molar refractivity (Wildman–Crippen MR) is 109 cm³/mol. The molecule has 0 fully saturated rings. The maximum Gasteiger partial charge on any atom is 0.250 e. The molecule has 0 radical (unpaired) electrons. The topological polar surface area (TPSA) is 42.3 Å². The minimum Gasteiger partial charge on any atom is -0.349 e. The first-order valence-corrected chi connectivity index (χ1v) is 9.04. The number of rotatable bonds is 5. The molecule has 0 spiro atoms. The predicted octanol–water partition coefficient (Wildman–Crippen LogP) is 3.85. The van der Waals surface area contributed by atoms with E-state index in [-0.39, 0.29) is 11.5 Å². The first-order valence-electron chi connectivity index (χ1n) is 8.67. The number of carbonyl (C=O) groups excluding carboxylic acids is 1. The van der Waals surface area contributed by atoms with Gasteiger partial charge in [0.15, 0.2) is 0 Å². The Morgan fingerprint density at radius 3 is 2.11 bits per heavy atom. The Kier molecular flexibility index (Phi) is 5.77. The summed E-state index contributed by atoms with van der Waals surface area (Å²) in [5.74, 6) is 0.0688. The lowest BCUT2D eigenvalue weighted by atomic mass is 10.0. The lowest BCUT2D eigenvalue weighted by molar-refractivity contribution is -0.127. The van der Waals surface area contributed by atoms with Crippen LogP contribution in [0.2, 0.25) is 5.02 Å². The van der Waals surface area contributed by atoms with E-state index in [9.17, 15) is 9.59 Å². The molecule has 0 unspecified atom stereocenters. The Morgan fingerprint density at radius 2 is 1.48 bits per heavy atom. The third-order valence-electron chi connectivity index (χ3n) is 4.39. The Bertz CT molecular complexity index is 990. The van der Waals surface area contributed by atoms with E-state index in [0.29, 0.717) is 18.0 Å². The number of aromatic nitrogens is 1. The second-order valence-corrected chi connectivity index (χ2v) is 7.11. The summed E-state index contributed by atoms with van der Waals surface area (Å²) < 4.78 is 1.68. The smallest absolute Gasteiger partial charge is 0.250 e. The average Bonchev–Trinajstić information content (AvgIpc) is 2.66. The van der Waals surface area contributed by atoms with Crippen LogP contribution in [0, 0.1) is 0 Å². The van der Waals surface area contributed by atoms with Crippen molar-refractivity contribution in [3.63, 3.8) is 0 Å². The molecule has 0 aliphatic carbocycles. The molecule has 27 heavy (non-hydrogen) atoms. The third kappa shape index (κ3) is 4.86. The fourth-order valence-electron chi connectivity index (χ4n) is 2.76. The van der Waals surface area contributed by atoms with Gasteiger partial charge >= 0.3 is 0 Å². The van der Waals surface area contributed by atoms with Crippen molar-refractivity contribution in [1.29, 1.82) is 0 Å². The molecule has 138 valence electrons. The highest BCUT2D eigenvalue weighted by Gasteiger charge is 2.07. The van der Waals surface area contributed by atoms with Crippen molar-refractivity contribution in [2.24, 2.45) is 0 Å². The highest BCUT2D eigenvalue weighted by atomic mass is 35.5. The van der Waals surface area contributed by atoms with Gasteiger partial charge in [0.05, 0.1) is 13.0 Å². The number of benzene rings is 2. The quantitative estimate of drug-likeness (QED) is 0.674. The Morgan fingerprint density at radius 1 is 0.889 bits per heavy atom. The maximum absolute atomic E-state index is 12.2. The van der Waals surface area contributed by atoms with E-state index in [1.165, 1.54) is 0 Å². The highest BCUT2D eigenvalue weighted by Crippen LogP contribution is 2.19. The Labute approximate surface area is 163 Å². The van der Waals surface area contributed by atoms with Gasteiger partial charge in [0.25, 0.3) is 5.56 Å². The summed E-state index contributed by atoms with van der Waals surface area (Å²) in [5.41, 5.74) is 3.87. The van der Waals surface area contributed by atoms with Crippen LogP contribution in [-0.4, -0.2) is 29.5 Å². The molecule has 5 heteroatoms. The van der Waals surface area contributed by atoms with E-state index in [2.05, 4.69) is 0 Å². The molecular formula is C22H21ClN2O2. The van der Waals surface area contributed by atoms with E-state index < -0.39 is 0 Å². The van der Waals surface area contributed by atoms with Crippen LogP contribution < -0.4 is 5.56 Å². The molecule has 1 amide bonds. The number of nitrogens with zero attached hydrogens (tertiary/aromatic N) is 2. The molecule has 0 N–H and O–H groups in total. The van der Waals surface area contributed by atoms with Gasteiger partial charge in [-0.15, -0.1) is 0 Å². The molecular weight excluding hydrogens is 360 g/mol. The molecule has 0 saturated heterocycles. The molecule has 0 aliphatic heterocycles. The Hall–Kier alpha value is -2.85. The first kappa shape index (κ1) is 18.9. The normalized spacial score (nSPS) is 10.6. The average molecular weight is 381 g/mol. The largest absolute Gasteiger partial charge is 0.349 e. The van der Waals surface area contributed by atoms with Crippen LogP contribution in [0.5, 0.6) is 0 Å². The SMILES string of the molecule is CN(C)C(=O)Cc1ccc(-c2ccc(=O)n(Cc3ccc(Cl)cc3)c2)cc1. The zero-order valence-corrected chi connectivity index (χ0v) is 16.1. The number of hydrogen-bond acceptors (Lipinski definition) is 2. The number of pyridine rings is 1. The van der Waals surface area contributed by atoms with Crippen LogP contribution in [-0.2, 0) is 17.8 Å². The summed E-state index contributed by atoms with van der Waals surface area (Å²) in [5, 5.41) is 0.674. The Balaban J connectivity index is 1.82. The van der Waals surface area contributed by atoms with Gasteiger partial charge in [-0.3, -0.25) is 9.59 Å².